The number of phenolic OH excluding ortho intramolecular Hbond substituents is 3. The predicted octanol–water partition coefficient (Wildman–Crippen LogP) is 3.73. The average Bonchev–Trinajstić information content (AvgIpc) is 2.63. The van der Waals surface area contributed by atoms with Crippen molar-refractivity contribution in [2.75, 3.05) is 7.11 Å². The second-order valence-electron chi connectivity index (χ2n) is 5.71. The molecule has 26 heavy (non-hydrogen) atoms. The highest BCUT2D eigenvalue weighted by Crippen LogP contribution is 2.38. The van der Waals surface area contributed by atoms with Gasteiger partial charge in [-0.05, 0) is 55.5 Å². The summed E-state index contributed by atoms with van der Waals surface area (Å²) in [5.74, 6) is -0.609. The number of hydrogen-bond donors (Lipinski definition) is 3. The van der Waals surface area contributed by atoms with Crippen LogP contribution in [0.25, 0.3) is 23.1 Å². The van der Waals surface area contributed by atoms with Crippen molar-refractivity contribution >= 4 is 28.8 Å². The van der Waals surface area contributed by atoms with E-state index >= 15 is 0 Å². The zero-order valence-corrected chi connectivity index (χ0v) is 14.2. The van der Waals surface area contributed by atoms with Gasteiger partial charge in [-0.2, -0.15) is 0 Å². The highest BCUT2D eigenvalue weighted by atomic mass is 16.5. The third kappa shape index (κ3) is 3.04. The van der Waals surface area contributed by atoms with Crippen LogP contribution in [0.5, 0.6) is 23.0 Å². The summed E-state index contributed by atoms with van der Waals surface area (Å²) in [4.78, 5) is 16.1. The summed E-state index contributed by atoms with van der Waals surface area (Å²) in [7, 11) is 1.39. The molecule has 132 valence electrons. The van der Waals surface area contributed by atoms with E-state index in [1.165, 1.54) is 26.2 Å². The van der Waals surface area contributed by atoms with Gasteiger partial charge in [0.2, 0.25) is 5.75 Å². The molecule has 3 rings (SSSR count). The van der Waals surface area contributed by atoms with Crippen molar-refractivity contribution in [3.8, 4) is 23.0 Å². The number of methoxy groups -OCH3 is 1. The second-order valence-corrected chi connectivity index (χ2v) is 5.71. The number of aromatic nitrogens is 1. The predicted molar refractivity (Wildman–Crippen MR) is 98.7 cm³/mol. The maximum atomic E-state index is 11.7. The third-order valence-corrected chi connectivity index (χ3v) is 4.04. The summed E-state index contributed by atoms with van der Waals surface area (Å²) in [5.41, 5.74) is 1.70. The van der Waals surface area contributed by atoms with Gasteiger partial charge in [0.1, 0.15) is 11.3 Å². The number of hydrogen-bond acceptors (Lipinski definition) is 6. The van der Waals surface area contributed by atoms with E-state index in [-0.39, 0.29) is 28.8 Å². The van der Waals surface area contributed by atoms with Crippen molar-refractivity contribution in [3.63, 3.8) is 0 Å². The Labute approximate surface area is 149 Å². The number of pyridine rings is 1. The Kier molecular flexibility index (Phi) is 4.49. The molecule has 0 unspecified atom stereocenters. The summed E-state index contributed by atoms with van der Waals surface area (Å²) < 4.78 is 4.93. The molecule has 3 aromatic rings. The van der Waals surface area contributed by atoms with Crippen LogP contribution in [0.3, 0.4) is 0 Å². The van der Waals surface area contributed by atoms with Crippen LogP contribution in [0.15, 0.2) is 36.4 Å². The van der Waals surface area contributed by atoms with Crippen LogP contribution in [0, 0.1) is 0 Å². The van der Waals surface area contributed by atoms with E-state index in [9.17, 15) is 20.1 Å². The lowest BCUT2D eigenvalue weighted by Crippen LogP contribution is -1.95. The molecule has 0 spiro atoms. The molecule has 6 heteroatoms. The molecule has 0 fully saturated rings. The smallest absolute Gasteiger partial charge is 0.201 e. The van der Waals surface area contributed by atoms with Crippen LogP contribution in [0.4, 0.5) is 0 Å². The SMILES string of the molecule is COc1ccc(/C=C/c2ccc3c(C(C)=O)ccc(O)c3n2)c(O)c1O. The maximum Gasteiger partial charge on any atom is 0.201 e. The number of ketones is 1. The standard InChI is InChI=1S/C20H17NO5/c1-11(22)14-8-9-16(23)18-15(14)7-6-13(21-18)5-3-12-4-10-17(26-2)20(25)19(12)24/h3-10,23-25H,1-2H3/b5-3+. The zero-order valence-electron chi connectivity index (χ0n) is 14.2. The van der Waals surface area contributed by atoms with E-state index in [0.29, 0.717) is 27.7 Å². The number of rotatable bonds is 4. The first-order valence-electron chi connectivity index (χ1n) is 7.83. The first-order valence-corrected chi connectivity index (χ1v) is 7.83. The van der Waals surface area contributed by atoms with Gasteiger partial charge in [0.25, 0.3) is 0 Å². The number of Topliss-reactive ketones (excluding diaryl/α,β-unsaturated/α-hetero) is 1. The average molecular weight is 351 g/mol. The fourth-order valence-corrected chi connectivity index (χ4v) is 2.67. The Morgan fingerprint density at radius 2 is 1.77 bits per heavy atom. The molecule has 1 heterocycles. The lowest BCUT2D eigenvalue weighted by Gasteiger charge is -2.07. The summed E-state index contributed by atoms with van der Waals surface area (Å²) >= 11 is 0. The van der Waals surface area contributed by atoms with E-state index in [1.807, 2.05) is 0 Å². The number of nitrogens with zero attached hydrogens (tertiary/aromatic N) is 1. The topological polar surface area (TPSA) is 99.9 Å². The lowest BCUT2D eigenvalue weighted by molar-refractivity contribution is 0.101. The quantitative estimate of drug-likeness (QED) is 0.489. The van der Waals surface area contributed by atoms with Gasteiger partial charge in [0, 0.05) is 16.5 Å². The van der Waals surface area contributed by atoms with E-state index in [1.54, 1.807) is 36.4 Å². The summed E-state index contributed by atoms with van der Waals surface area (Å²) in [5, 5.41) is 30.5. The summed E-state index contributed by atoms with van der Waals surface area (Å²) in [6.07, 6.45) is 3.20. The number of benzene rings is 2. The molecule has 2 aromatic carbocycles. The molecule has 0 bridgehead atoms. The van der Waals surface area contributed by atoms with Gasteiger partial charge < -0.3 is 20.1 Å². The van der Waals surface area contributed by atoms with Crippen LogP contribution >= 0.6 is 0 Å². The molecular formula is C20H17NO5. The molecule has 0 aliphatic rings. The van der Waals surface area contributed by atoms with Crippen molar-refractivity contribution in [1.82, 2.24) is 4.98 Å². The Hall–Kier alpha value is -3.54. The van der Waals surface area contributed by atoms with Gasteiger partial charge in [0.05, 0.1) is 12.8 Å². The van der Waals surface area contributed by atoms with Gasteiger partial charge in [-0.1, -0.05) is 0 Å². The van der Waals surface area contributed by atoms with Gasteiger partial charge in [-0.25, -0.2) is 4.98 Å². The first-order chi connectivity index (χ1) is 12.4. The number of fused-ring (bicyclic) bond motifs is 1. The number of carbonyl (C=O) groups is 1. The van der Waals surface area contributed by atoms with Crippen LogP contribution in [0.2, 0.25) is 0 Å². The first kappa shape index (κ1) is 17.3. The van der Waals surface area contributed by atoms with Crippen molar-refractivity contribution in [2.45, 2.75) is 6.92 Å². The maximum absolute atomic E-state index is 11.7. The molecule has 0 saturated carbocycles. The largest absolute Gasteiger partial charge is 0.506 e. The highest BCUT2D eigenvalue weighted by molar-refractivity contribution is 6.07. The van der Waals surface area contributed by atoms with Crippen molar-refractivity contribution < 1.29 is 24.9 Å². The van der Waals surface area contributed by atoms with Gasteiger partial charge in [-0.15, -0.1) is 0 Å². The molecular weight excluding hydrogens is 334 g/mol. The highest BCUT2D eigenvalue weighted by Gasteiger charge is 2.12. The fourth-order valence-electron chi connectivity index (χ4n) is 2.67. The van der Waals surface area contributed by atoms with Crippen molar-refractivity contribution in [3.05, 3.63) is 53.2 Å². The normalized spacial score (nSPS) is 11.2. The summed E-state index contributed by atoms with van der Waals surface area (Å²) in [6, 6.07) is 9.54. The molecule has 0 aliphatic carbocycles. The number of aromatic hydroxyl groups is 3. The molecule has 6 nitrogen and oxygen atoms in total. The minimum absolute atomic E-state index is 0.0230. The van der Waals surface area contributed by atoms with Gasteiger partial charge in [-0.3, -0.25) is 4.79 Å². The number of ether oxygens (including phenoxy) is 1. The number of carbonyl (C=O) groups excluding carboxylic acids is 1. The molecule has 3 N–H and O–H groups in total. The molecule has 0 atom stereocenters. The van der Waals surface area contributed by atoms with Crippen LogP contribution in [-0.4, -0.2) is 33.2 Å². The van der Waals surface area contributed by atoms with E-state index in [0.717, 1.165) is 0 Å². The lowest BCUT2D eigenvalue weighted by atomic mass is 10.0. The number of phenols is 3. The molecule has 0 radical (unpaired) electrons. The van der Waals surface area contributed by atoms with E-state index in [2.05, 4.69) is 4.98 Å². The van der Waals surface area contributed by atoms with E-state index < -0.39 is 0 Å². The van der Waals surface area contributed by atoms with E-state index in [4.69, 9.17) is 4.74 Å². The molecule has 0 saturated heterocycles. The molecule has 1 aromatic heterocycles. The molecule has 0 amide bonds. The third-order valence-electron chi connectivity index (χ3n) is 4.04. The second kappa shape index (κ2) is 6.76. The summed E-state index contributed by atoms with van der Waals surface area (Å²) in [6.45, 7) is 1.46. The Balaban J connectivity index is 2.02. The zero-order chi connectivity index (χ0) is 18.8. The molecule has 0 aliphatic heterocycles. The minimum atomic E-state index is -0.343. The van der Waals surface area contributed by atoms with Crippen LogP contribution in [-0.2, 0) is 0 Å². The van der Waals surface area contributed by atoms with Crippen molar-refractivity contribution in [2.24, 2.45) is 0 Å². The Bertz CT molecular complexity index is 1040. The monoisotopic (exact) mass is 351 g/mol. The minimum Gasteiger partial charge on any atom is -0.506 e. The Morgan fingerprint density at radius 3 is 2.46 bits per heavy atom. The van der Waals surface area contributed by atoms with Gasteiger partial charge >= 0.3 is 0 Å². The van der Waals surface area contributed by atoms with Crippen LogP contribution in [0.1, 0.15) is 28.5 Å². The van der Waals surface area contributed by atoms with Crippen LogP contribution < -0.4 is 4.74 Å². The van der Waals surface area contributed by atoms with Gasteiger partial charge in [0.15, 0.2) is 17.3 Å². The van der Waals surface area contributed by atoms with Crippen molar-refractivity contribution in [1.29, 1.82) is 0 Å². The Morgan fingerprint density at radius 1 is 1.00 bits per heavy atom. The fraction of sp³-hybridized carbons (Fsp3) is 0.100.